The highest BCUT2D eigenvalue weighted by Gasteiger charge is 2.38. The highest BCUT2D eigenvalue weighted by Crippen LogP contribution is 2.30. The van der Waals surface area contributed by atoms with E-state index in [0.29, 0.717) is 40.2 Å². The molecule has 0 radical (unpaired) electrons. The van der Waals surface area contributed by atoms with Crippen molar-refractivity contribution in [3.8, 4) is 5.75 Å². The van der Waals surface area contributed by atoms with Gasteiger partial charge in [0.05, 0.1) is 18.9 Å². The van der Waals surface area contributed by atoms with E-state index in [1.54, 1.807) is 36.4 Å². The molecular weight excluding hydrogens is 443 g/mol. The number of ether oxygens (including phenoxy) is 1. The van der Waals surface area contributed by atoms with Crippen molar-refractivity contribution in [2.75, 3.05) is 19.7 Å². The molecule has 2 aromatic rings. The Morgan fingerprint density at radius 1 is 1.21 bits per heavy atom. The molecule has 0 unspecified atom stereocenters. The number of aliphatic carboxylic acids is 1. The maximum absolute atomic E-state index is 13.0. The largest absolute Gasteiger partial charge is 0.494 e. The number of alkyl halides is 3. The molecule has 1 aliphatic heterocycles. The Kier molecular flexibility index (Phi) is 7.62. The predicted octanol–water partition coefficient (Wildman–Crippen LogP) is 2.63. The Morgan fingerprint density at radius 2 is 2.00 bits per heavy atom. The molecule has 3 rings (SSSR count). The fraction of sp³-hybridized carbons (Fsp3) is 0.409. The van der Waals surface area contributed by atoms with Gasteiger partial charge in [-0.05, 0) is 41.8 Å². The number of amides is 1. The van der Waals surface area contributed by atoms with Crippen LogP contribution in [0.2, 0.25) is 0 Å². The molecule has 1 atom stereocenters. The van der Waals surface area contributed by atoms with Crippen LogP contribution in [0, 0.1) is 5.92 Å². The van der Waals surface area contributed by atoms with E-state index in [9.17, 15) is 28.0 Å². The number of rotatable bonds is 8. The number of carboxylic acid groups (broad SMARTS) is 1. The van der Waals surface area contributed by atoms with Crippen molar-refractivity contribution >= 4 is 11.9 Å². The summed E-state index contributed by atoms with van der Waals surface area (Å²) in [6, 6.07) is 9.95. The van der Waals surface area contributed by atoms with Gasteiger partial charge in [0.1, 0.15) is 12.3 Å². The fourth-order valence-electron chi connectivity index (χ4n) is 3.65. The lowest BCUT2D eigenvalue weighted by atomic mass is 9.94. The van der Waals surface area contributed by atoms with Crippen molar-refractivity contribution < 1.29 is 37.8 Å². The number of hydrogen-bond donors (Lipinski definition) is 2. The van der Waals surface area contributed by atoms with Crippen molar-refractivity contribution in [3.05, 3.63) is 59.2 Å². The molecule has 0 fully saturated rings. The molecule has 1 aromatic carbocycles. The Bertz CT molecular complexity index is 1070. The van der Waals surface area contributed by atoms with Gasteiger partial charge in [-0.3, -0.25) is 14.6 Å². The van der Waals surface area contributed by atoms with Crippen LogP contribution in [0.15, 0.2) is 47.6 Å². The maximum atomic E-state index is 13.0. The van der Waals surface area contributed by atoms with Crippen LogP contribution in [-0.2, 0) is 22.6 Å². The van der Waals surface area contributed by atoms with Gasteiger partial charge in [-0.1, -0.05) is 12.1 Å². The first-order valence-corrected chi connectivity index (χ1v) is 10.3. The molecule has 33 heavy (non-hydrogen) atoms. The standard InChI is InChI=1S/C22H24F3N3O5/c23-22(24,25)14-27-13-17-11-18(6-5-15(17)10-16(21(27)31)12-20(29)30)33-9-3-7-26-19-4-1-2-8-28(19)32/h1-2,4-6,8,11,16,32H,3,7,9-10,12-14H2,(H,29,30)/t16-/m1/s1. The van der Waals surface area contributed by atoms with Gasteiger partial charge in [0.25, 0.3) is 0 Å². The first kappa shape index (κ1) is 24.1. The van der Waals surface area contributed by atoms with E-state index in [1.807, 2.05) is 0 Å². The lowest BCUT2D eigenvalue weighted by molar-refractivity contribution is -0.165. The zero-order chi connectivity index (χ0) is 24.0. The maximum Gasteiger partial charge on any atom is 0.406 e. The molecule has 1 amide bonds. The third kappa shape index (κ3) is 6.99. The van der Waals surface area contributed by atoms with Crippen molar-refractivity contribution in [1.29, 1.82) is 0 Å². The van der Waals surface area contributed by atoms with Crippen molar-refractivity contribution in [1.82, 2.24) is 9.63 Å². The number of hydrogen-bond acceptors (Lipinski definition) is 5. The summed E-state index contributed by atoms with van der Waals surface area (Å²) in [6.45, 7) is -1.05. The molecule has 0 aliphatic carbocycles. The van der Waals surface area contributed by atoms with Crippen LogP contribution in [0.3, 0.4) is 0 Å². The molecule has 1 aromatic heterocycles. The summed E-state index contributed by atoms with van der Waals surface area (Å²) >= 11 is 0. The number of carbonyl (C=O) groups excluding carboxylic acids is 1. The van der Waals surface area contributed by atoms with Crippen LogP contribution >= 0.6 is 0 Å². The summed E-state index contributed by atoms with van der Waals surface area (Å²) in [6.07, 6.45) is -3.10. The molecule has 2 heterocycles. The molecule has 0 bridgehead atoms. The second-order valence-corrected chi connectivity index (χ2v) is 7.73. The zero-order valence-corrected chi connectivity index (χ0v) is 17.7. The quantitative estimate of drug-likeness (QED) is 0.459. The van der Waals surface area contributed by atoms with Gasteiger partial charge in [-0.15, -0.1) is 0 Å². The molecule has 0 saturated carbocycles. The second kappa shape index (κ2) is 10.4. The van der Waals surface area contributed by atoms with Gasteiger partial charge in [0.2, 0.25) is 5.91 Å². The highest BCUT2D eigenvalue weighted by atomic mass is 19.4. The Morgan fingerprint density at radius 3 is 2.70 bits per heavy atom. The van der Waals surface area contributed by atoms with Gasteiger partial charge >= 0.3 is 12.1 Å². The summed E-state index contributed by atoms with van der Waals surface area (Å²) in [5.74, 6) is -2.69. The van der Waals surface area contributed by atoms with E-state index in [1.165, 1.54) is 6.20 Å². The Balaban J connectivity index is 1.69. The predicted molar refractivity (Wildman–Crippen MR) is 110 cm³/mol. The fourth-order valence-corrected chi connectivity index (χ4v) is 3.65. The lowest BCUT2D eigenvalue weighted by Gasteiger charge is -2.25. The number of pyridine rings is 1. The summed E-state index contributed by atoms with van der Waals surface area (Å²) in [4.78, 5) is 28.6. The molecule has 1 aliphatic rings. The number of carbonyl (C=O) groups is 2. The Labute approximate surface area is 187 Å². The molecule has 2 N–H and O–H groups in total. The van der Waals surface area contributed by atoms with E-state index in [2.05, 4.69) is 4.99 Å². The normalized spacial score (nSPS) is 16.9. The summed E-state index contributed by atoms with van der Waals surface area (Å²) in [5.41, 5.74) is 1.51. The third-order valence-electron chi connectivity index (χ3n) is 5.12. The van der Waals surface area contributed by atoms with E-state index in [0.717, 1.165) is 4.73 Å². The van der Waals surface area contributed by atoms with Crippen LogP contribution in [0.5, 0.6) is 5.75 Å². The van der Waals surface area contributed by atoms with E-state index in [-0.39, 0.29) is 19.6 Å². The molecule has 0 spiro atoms. The van der Waals surface area contributed by atoms with Crippen molar-refractivity contribution in [2.45, 2.75) is 32.0 Å². The van der Waals surface area contributed by atoms with Crippen molar-refractivity contribution in [2.24, 2.45) is 10.9 Å². The highest BCUT2D eigenvalue weighted by molar-refractivity contribution is 5.84. The number of aromatic nitrogens is 1. The third-order valence-corrected chi connectivity index (χ3v) is 5.12. The average molecular weight is 467 g/mol. The molecule has 8 nitrogen and oxygen atoms in total. The van der Waals surface area contributed by atoms with Gasteiger partial charge < -0.3 is 20.0 Å². The SMILES string of the molecule is O=C(O)C[C@H]1Cc2ccc(OCCCN=c3ccccn3O)cc2CN(CC(F)(F)F)C1=O. The first-order chi connectivity index (χ1) is 15.6. The molecular formula is C22H24F3N3O5. The average Bonchev–Trinajstić information content (AvgIpc) is 2.84. The second-order valence-electron chi connectivity index (χ2n) is 7.73. The molecule has 0 saturated heterocycles. The molecule has 11 heteroatoms. The lowest BCUT2D eigenvalue weighted by Crippen LogP contribution is -2.41. The van der Waals surface area contributed by atoms with Gasteiger partial charge in [0, 0.05) is 25.7 Å². The van der Waals surface area contributed by atoms with Crippen LogP contribution < -0.4 is 10.2 Å². The molecule has 178 valence electrons. The van der Waals surface area contributed by atoms with E-state index < -0.39 is 36.9 Å². The van der Waals surface area contributed by atoms with Gasteiger partial charge in [-0.25, -0.2) is 0 Å². The summed E-state index contributed by atoms with van der Waals surface area (Å²) < 4.78 is 45.6. The monoisotopic (exact) mass is 467 g/mol. The van der Waals surface area contributed by atoms with E-state index in [4.69, 9.17) is 9.84 Å². The minimum atomic E-state index is -4.60. The number of fused-ring (bicyclic) bond motifs is 1. The summed E-state index contributed by atoms with van der Waals surface area (Å²) in [5, 5.41) is 18.7. The van der Waals surface area contributed by atoms with Crippen LogP contribution in [0.1, 0.15) is 24.0 Å². The Hall–Kier alpha value is -3.50. The summed E-state index contributed by atoms with van der Waals surface area (Å²) in [7, 11) is 0. The van der Waals surface area contributed by atoms with Gasteiger partial charge in [0.15, 0.2) is 5.49 Å². The topological polar surface area (TPSA) is 104 Å². The van der Waals surface area contributed by atoms with Gasteiger partial charge in [-0.2, -0.15) is 17.9 Å². The number of benzene rings is 1. The zero-order valence-electron chi connectivity index (χ0n) is 17.7. The minimum Gasteiger partial charge on any atom is -0.494 e. The smallest absolute Gasteiger partial charge is 0.406 e. The minimum absolute atomic E-state index is 0.0478. The number of carboxylic acids is 1. The van der Waals surface area contributed by atoms with Crippen LogP contribution in [0.25, 0.3) is 0 Å². The number of nitrogens with zero attached hydrogens (tertiary/aromatic N) is 3. The van der Waals surface area contributed by atoms with Crippen molar-refractivity contribution in [3.63, 3.8) is 0 Å². The number of halogens is 3. The van der Waals surface area contributed by atoms with Crippen LogP contribution in [0.4, 0.5) is 13.2 Å². The van der Waals surface area contributed by atoms with Crippen LogP contribution in [-0.4, -0.2) is 57.7 Å². The van der Waals surface area contributed by atoms with E-state index >= 15 is 0 Å². The first-order valence-electron chi connectivity index (χ1n) is 10.3.